The van der Waals surface area contributed by atoms with Gasteiger partial charge in [-0.15, -0.1) is 0 Å². The third kappa shape index (κ3) is 3.83. The van der Waals surface area contributed by atoms with E-state index < -0.39 is 5.60 Å². The second kappa shape index (κ2) is 5.67. The van der Waals surface area contributed by atoms with Crippen LogP contribution in [0.2, 0.25) is 0 Å². The summed E-state index contributed by atoms with van der Waals surface area (Å²) in [4.78, 5) is 12.0. The van der Waals surface area contributed by atoms with Crippen molar-refractivity contribution in [2.75, 3.05) is 19.8 Å². The van der Waals surface area contributed by atoms with Crippen molar-refractivity contribution in [2.24, 2.45) is 0 Å². The van der Waals surface area contributed by atoms with E-state index in [-0.39, 0.29) is 17.7 Å². The Morgan fingerprint density at radius 2 is 2.21 bits per heavy atom. The van der Waals surface area contributed by atoms with E-state index in [1.54, 1.807) is 0 Å². The summed E-state index contributed by atoms with van der Waals surface area (Å²) in [5.74, 6) is 0. The zero-order valence-corrected chi connectivity index (χ0v) is 12.3. The highest BCUT2D eigenvalue weighted by Crippen LogP contribution is 2.28. The van der Waals surface area contributed by atoms with E-state index in [1.165, 1.54) is 12.8 Å². The highest BCUT2D eigenvalue weighted by atomic mass is 16.6. The average molecular weight is 270 g/mol. The average Bonchev–Trinajstić information content (AvgIpc) is 2.77. The molecular weight excluding hydrogens is 244 g/mol. The van der Waals surface area contributed by atoms with Crippen LogP contribution in [0.15, 0.2) is 0 Å². The fourth-order valence-electron chi connectivity index (χ4n) is 2.87. The molecule has 2 aliphatic rings. The second-order valence-corrected chi connectivity index (χ2v) is 6.59. The van der Waals surface area contributed by atoms with Gasteiger partial charge in [-0.2, -0.15) is 0 Å². The quantitative estimate of drug-likeness (QED) is 0.803. The van der Waals surface area contributed by atoms with Gasteiger partial charge in [0.1, 0.15) is 5.60 Å². The fourth-order valence-corrected chi connectivity index (χ4v) is 2.87. The summed E-state index contributed by atoms with van der Waals surface area (Å²) in [6.45, 7) is 7.93. The molecule has 19 heavy (non-hydrogen) atoms. The minimum absolute atomic E-state index is 0.288. The minimum atomic E-state index is -0.468. The van der Waals surface area contributed by atoms with Gasteiger partial charge in [-0.1, -0.05) is 6.42 Å². The van der Waals surface area contributed by atoms with Crippen LogP contribution in [0, 0.1) is 0 Å². The number of alkyl carbamates (subject to hydrolysis) is 1. The predicted molar refractivity (Wildman–Crippen MR) is 73.2 cm³/mol. The van der Waals surface area contributed by atoms with Crippen LogP contribution in [-0.2, 0) is 9.47 Å². The van der Waals surface area contributed by atoms with Crippen LogP contribution in [0.5, 0.6) is 0 Å². The summed E-state index contributed by atoms with van der Waals surface area (Å²) >= 11 is 0. The van der Waals surface area contributed by atoms with Crippen LogP contribution in [0.25, 0.3) is 0 Å². The van der Waals surface area contributed by atoms with Crippen LogP contribution in [0.4, 0.5) is 4.79 Å². The van der Waals surface area contributed by atoms with E-state index >= 15 is 0 Å². The van der Waals surface area contributed by atoms with Gasteiger partial charge in [-0.25, -0.2) is 4.79 Å². The van der Waals surface area contributed by atoms with Crippen LogP contribution < -0.4 is 10.6 Å². The molecule has 1 amide bonds. The Kier molecular flexibility index (Phi) is 4.36. The standard InChI is InChI=1S/C14H26N2O3/c1-13(2,3)19-12(17)16-14(7-9-18-10-14)11-6-4-5-8-15-11/h11,15H,4-10H2,1-3H3,(H,16,17). The maximum absolute atomic E-state index is 12.0. The normalized spacial score (nSPS) is 32.1. The summed E-state index contributed by atoms with van der Waals surface area (Å²) in [7, 11) is 0. The molecule has 2 heterocycles. The molecule has 0 radical (unpaired) electrons. The van der Waals surface area contributed by atoms with Crippen molar-refractivity contribution in [3.63, 3.8) is 0 Å². The highest BCUT2D eigenvalue weighted by Gasteiger charge is 2.44. The van der Waals surface area contributed by atoms with E-state index in [0.717, 1.165) is 19.4 Å². The molecule has 2 unspecified atom stereocenters. The first-order valence-corrected chi connectivity index (χ1v) is 7.24. The smallest absolute Gasteiger partial charge is 0.408 e. The SMILES string of the molecule is CC(C)(C)OC(=O)NC1(C2CCCCN2)CCOC1. The number of amides is 1. The van der Waals surface area contributed by atoms with Crippen LogP contribution in [0.1, 0.15) is 46.5 Å². The van der Waals surface area contributed by atoms with Crippen molar-refractivity contribution < 1.29 is 14.3 Å². The second-order valence-electron chi connectivity index (χ2n) is 6.59. The van der Waals surface area contributed by atoms with E-state index in [9.17, 15) is 4.79 Å². The first kappa shape index (κ1) is 14.6. The van der Waals surface area contributed by atoms with Crippen molar-refractivity contribution in [1.29, 1.82) is 0 Å². The zero-order valence-electron chi connectivity index (χ0n) is 12.3. The van der Waals surface area contributed by atoms with Crippen molar-refractivity contribution >= 4 is 6.09 Å². The molecule has 2 atom stereocenters. The molecular formula is C14H26N2O3. The van der Waals surface area contributed by atoms with Crippen molar-refractivity contribution in [3.8, 4) is 0 Å². The Hall–Kier alpha value is -0.810. The lowest BCUT2D eigenvalue weighted by Gasteiger charge is -2.40. The Morgan fingerprint density at radius 1 is 1.42 bits per heavy atom. The van der Waals surface area contributed by atoms with Crippen LogP contribution in [-0.4, -0.2) is 43.0 Å². The minimum Gasteiger partial charge on any atom is -0.444 e. The molecule has 0 aliphatic carbocycles. The van der Waals surface area contributed by atoms with Crippen molar-refractivity contribution in [3.05, 3.63) is 0 Å². The number of nitrogens with one attached hydrogen (secondary N) is 2. The fraction of sp³-hybridized carbons (Fsp3) is 0.929. The molecule has 2 N–H and O–H groups in total. The third-order valence-electron chi connectivity index (χ3n) is 3.78. The number of rotatable bonds is 2. The molecule has 0 spiro atoms. The number of piperidine rings is 1. The number of hydrogen-bond donors (Lipinski definition) is 2. The summed E-state index contributed by atoms with van der Waals surface area (Å²) in [6, 6.07) is 0.288. The highest BCUT2D eigenvalue weighted by molar-refractivity contribution is 5.69. The maximum atomic E-state index is 12.0. The van der Waals surface area contributed by atoms with E-state index in [4.69, 9.17) is 9.47 Å². The van der Waals surface area contributed by atoms with Gasteiger partial charge in [0.2, 0.25) is 0 Å². The van der Waals surface area contributed by atoms with E-state index in [1.807, 2.05) is 20.8 Å². The first-order valence-electron chi connectivity index (χ1n) is 7.24. The lowest BCUT2D eigenvalue weighted by Crippen LogP contribution is -2.63. The molecule has 0 aromatic carbocycles. The predicted octanol–water partition coefficient (Wildman–Crippen LogP) is 1.81. The monoisotopic (exact) mass is 270 g/mol. The topological polar surface area (TPSA) is 59.6 Å². The van der Waals surface area contributed by atoms with Gasteiger partial charge in [-0.3, -0.25) is 0 Å². The molecule has 2 saturated heterocycles. The molecule has 5 heteroatoms. The van der Waals surface area contributed by atoms with Gasteiger partial charge in [0, 0.05) is 12.6 Å². The zero-order chi connectivity index (χ0) is 13.9. The Labute approximate surface area is 115 Å². The number of ether oxygens (including phenoxy) is 2. The molecule has 0 aromatic heterocycles. The molecule has 0 bridgehead atoms. The molecule has 0 saturated carbocycles. The number of carbonyl (C=O) groups is 1. The largest absolute Gasteiger partial charge is 0.444 e. The summed E-state index contributed by atoms with van der Waals surface area (Å²) < 4.78 is 10.9. The van der Waals surface area contributed by atoms with Gasteiger partial charge in [0.05, 0.1) is 12.1 Å². The van der Waals surface area contributed by atoms with Gasteiger partial charge in [-0.05, 0) is 46.6 Å². The van der Waals surface area contributed by atoms with Gasteiger partial charge < -0.3 is 20.1 Å². The Morgan fingerprint density at radius 3 is 2.74 bits per heavy atom. The lowest BCUT2D eigenvalue weighted by molar-refractivity contribution is 0.0392. The summed E-state index contributed by atoms with van der Waals surface area (Å²) in [6.07, 6.45) is 4.00. The third-order valence-corrected chi connectivity index (χ3v) is 3.78. The Bertz CT molecular complexity index is 313. The van der Waals surface area contributed by atoms with E-state index in [0.29, 0.717) is 13.2 Å². The van der Waals surface area contributed by atoms with Crippen molar-refractivity contribution in [2.45, 2.75) is 63.6 Å². The van der Waals surface area contributed by atoms with E-state index in [2.05, 4.69) is 10.6 Å². The van der Waals surface area contributed by atoms with Crippen LogP contribution >= 0.6 is 0 Å². The van der Waals surface area contributed by atoms with Crippen LogP contribution in [0.3, 0.4) is 0 Å². The lowest BCUT2D eigenvalue weighted by atomic mass is 9.84. The van der Waals surface area contributed by atoms with Gasteiger partial charge in [0.25, 0.3) is 0 Å². The molecule has 0 aromatic rings. The van der Waals surface area contributed by atoms with Gasteiger partial charge in [0.15, 0.2) is 0 Å². The first-order chi connectivity index (χ1) is 8.91. The Balaban J connectivity index is 2.00. The summed E-state index contributed by atoms with van der Waals surface area (Å²) in [5.41, 5.74) is -0.770. The number of carbonyl (C=O) groups excluding carboxylic acids is 1. The number of hydrogen-bond acceptors (Lipinski definition) is 4. The summed E-state index contributed by atoms with van der Waals surface area (Å²) in [5, 5.41) is 6.59. The molecule has 2 fully saturated rings. The maximum Gasteiger partial charge on any atom is 0.408 e. The van der Waals surface area contributed by atoms with Crippen molar-refractivity contribution in [1.82, 2.24) is 10.6 Å². The molecule has 5 nitrogen and oxygen atoms in total. The molecule has 2 rings (SSSR count). The molecule has 110 valence electrons. The van der Waals surface area contributed by atoms with Gasteiger partial charge >= 0.3 is 6.09 Å². The molecule has 2 aliphatic heterocycles.